The number of likely N-dealkylation sites (N-methyl/N-ethyl adjacent to an activating group) is 1. The lowest BCUT2D eigenvalue weighted by Gasteiger charge is -2.53. The van der Waals surface area contributed by atoms with Crippen LogP contribution in [0.3, 0.4) is 0 Å². The smallest absolute Gasteiger partial charge is 0.161 e. The summed E-state index contributed by atoms with van der Waals surface area (Å²) in [5.74, 6) is 0.848. The van der Waals surface area contributed by atoms with Gasteiger partial charge in [-0.25, -0.2) is 0 Å². The highest BCUT2D eigenvalue weighted by atomic mass is 16.5. The Hall–Kier alpha value is -1.56. The van der Waals surface area contributed by atoms with Crippen LogP contribution in [-0.4, -0.2) is 78.8 Å². The first-order chi connectivity index (χ1) is 13.0. The van der Waals surface area contributed by atoms with Crippen LogP contribution in [0.4, 0.5) is 0 Å². The van der Waals surface area contributed by atoms with Gasteiger partial charge in [0.1, 0.15) is 0 Å². The monoisotopic (exact) mass is 373 g/mol. The second-order valence-electron chi connectivity index (χ2n) is 8.19. The fourth-order valence-electron chi connectivity index (χ4n) is 4.51. The Bertz CT molecular complexity index is 653. The molecule has 3 rings (SSSR count). The molecule has 5 nitrogen and oxygen atoms in total. The van der Waals surface area contributed by atoms with Gasteiger partial charge in [-0.1, -0.05) is 12.1 Å². The molecule has 2 aliphatic heterocycles. The van der Waals surface area contributed by atoms with E-state index in [0.717, 1.165) is 31.7 Å². The van der Waals surface area contributed by atoms with Crippen molar-refractivity contribution in [3.63, 3.8) is 0 Å². The van der Waals surface area contributed by atoms with Gasteiger partial charge >= 0.3 is 0 Å². The minimum Gasteiger partial charge on any atom is -0.504 e. The van der Waals surface area contributed by atoms with E-state index in [1.807, 2.05) is 19.1 Å². The van der Waals surface area contributed by atoms with Crippen molar-refractivity contribution in [1.29, 1.82) is 0 Å². The molecule has 0 bridgehead atoms. The van der Waals surface area contributed by atoms with Gasteiger partial charge in [0, 0.05) is 37.3 Å². The third-order valence-electron chi connectivity index (χ3n) is 6.28. The summed E-state index contributed by atoms with van der Waals surface area (Å²) in [6, 6.07) is 4.12. The lowest BCUT2D eigenvalue weighted by molar-refractivity contribution is -0.0258. The molecule has 5 heteroatoms. The summed E-state index contributed by atoms with van der Waals surface area (Å²) in [6.45, 7) is 12.9. The van der Waals surface area contributed by atoms with E-state index in [2.05, 4.69) is 41.4 Å². The minimum atomic E-state index is 0.255. The van der Waals surface area contributed by atoms with E-state index in [0.29, 0.717) is 24.3 Å². The molecular formula is C22H35N3O2. The molecule has 1 aromatic rings. The quantitative estimate of drug-likeness (QED) is 0.777. The summed E-state index contributed by atoms with van der Waals surface area (Å²) < 4.78 is 5.68. The molecule has 0 aliphatic carbocycles. The maximum absolute atomic E-state index is 10.4. The first kappa shape index (κ1) is 20.2. The Balaban J connectivity index is 1.77. The van der Waals surface area contributed by atoms with Crippen molar-refractivity contribution in [2.45, 2.75) is 38.3 Å². The molecule has 150 valence electrons. The van der Waals surface area contributed by atoms with Gasteiger partial charge < -0.3 is 14.7 Å². The summed E-state index contributed by atoms with van der Waals surface area (Å²) in [5.41, 5.74) is 2.41. The largest absolute Gasteiger partial charge is 0.504 e. The van der Waals surface area contributed by atoms with Gasteiger partial charge in [0.2, 0.25) is 0 Å². The van der Waals surface area contributed by atoms with E-state index >= 15 is 0 Å². The van der Waals surface area contributed by atoms with Crippen molar-refractivity contribution < 1.29 is 9.84 Å². The Morgan fingerprint density at radius 3 is 2.59 bits per heavy atom. The summed E-state index contributed by atoms with van der Waals surface area (Å²) in [5, 5.41) is 10.4. The molecule has 0 amide bonds. The highest BCUT2D eigenvalue weighted by Crippen LogP contribution is 2.35. The Labute approximate surface area is 164 Å². The second kappa shape index (κ2) is 8.63. The molecule has 1 N–H and O–H groups in total. The zero-order chi connectivity index (χ0) is 19.4. The van der Waals surface area contributed by atoms with Gasteiger partial charge in [0.25, 0.3) is 0 Å². The lowest BCUT2D eigenvalue weighted by Crippen LogP contribution is -2.63. The first-order valence-electron chi connectivity index (χ1n) is 10.2. The molecule has 27 heavy (non-hydrogen) atoms. The molecule has 2 fully saturated rings. The summed E-state index contributed by atoms with van der Waals surface area (Å²) in [6.07, 6.45) is 4.95. The van der Waals surface area contributed by atoms with Crippen LogP contribution in [0.1, 0.15) is 30.9 Å². The lowest BCUT2D eigenvalue weighted by atomic mass is 9.83. The van der Waals surface area contributed by atoms with Crippen LogP contribution in [-0.2, 0) is 13.0 Å². The number of piperidine rings is 1. The maximum atomic E-state index is 10.4. The number of likely N-dealkylation sites (tertiary alicyclic amines) is 1. The van der Waals surface area contributed by atoms with Crippen LogP contribution < -0.4 is 4.74 Å². The highest BCUT2D eigenvalue weighted by molar-refractivity contribution is 5.49. The predicted octanol–water partition coefficient (Wildman–Crippen LogP) is 2.73. The number of aromatic hydroxyl groups is 1. The van der Waals surface area contributed by atoms with Gasteiger partial charge in [-0.05, 0) is 65.0 Å². The van der Waals surface area contributed by atoms with Crippen LogP contribution in [0.5, 0.6) is 11.5 Å². The minimum absolute atomic E-state index is 0.255. The molecule has 2 heterocycles. The van der Waals surface area contributed by atoms with Crippen molar-refractivity contribution in [3.05, 3.63) is 35.9 Å². The average molecular weight is 374 g/mol. The molecule has 0 aromatic heterocycles. The third kappa shape index (κ3) is 4.48. The molecule has 2 saturated heterocycles. The third-order valence-corrected chi connectivity index (χ3v) is 6.28. The van der Waals surface area contributed by atoms with Crippen molar-refractivity contribution in [3.8, 4) is 11.5 Å². The number of phenolic OH excluding ortho intramolecular Hbond substituents is 1. The summed E-state index contributed by atoms with van der Waals surface area (Å²) in [4.78, 5) is 7.60. The number of rotatable bonds is 6. The molecule has 2 aliphatic rings. The van der Waals surface area contributed by atoms with Crippen molar-refractivity contribution in [1.82, 2.24) is 14.7 Å². The van der Waals surface area contributed by atoms with E-state index in [4.69, 9.17) is 4.74 Å². The zero-order valence-corrected chi connectivity index (χ0v) is 17.2. The fraction of sp³-hybridized carbons (Fsp3) is 0.636. The Kier molecular flexibility index (Phi) is 6.45. The predicted molar refractivity (Wildman–Crippen MR) is 111 cm³/mol. The number of ether oxygens (including phenoxy) is 1. The van der Waals surface area contributed by atoms with Gasteiger partial charge in [0.15, 0.2) is 11.5 Å². The number of hydrogen-bond acceptors (Lipinski definition) is 5. The van der Waals surface area contributed by atoms with Gasteiger partial charge in [-0.2, -0.15) is 0 Å². The summed E-state index contributed by atoms with van der Waals surface area (Å²) >= 11 is 0. The summed E-state index contributed by atoms with van der Waals surface area (Å²) in [7, 11) is 4.51. The molecule has 0 unspecified atom stereocenters. The van der Waals surface area contributed by atoms with Crippen LogP contribution in [0.25, 0.3) is 0 Å². The molecule has 0 atom stereocenters. The molecule has 1 aromatic carbocycles. The van der Waals surface area contributed by atoms with Crippen LogP contribution >= 0.6 is 0 Å². The number of piperazine rings is 1. The van der Waals surface area contributed by atoms with Crippen molar-refractivity contribution in [2.24, 2.45) is 0 Å². The van der Waals surface area contributed by atoms with Crippen LogP contribution in [0.2, 0.25) is 0 Å². The van der Waals surface area contributed by atoms with E-state index in [1.54, 1.807) is 0 Å². The highest BCUT2D eigenvalue weighted by Gasteiger charge is 2.41. The normalized spacial score (nSPS) is 21.4. The molecule has 0 radical (unpaired) electrons. The van der Waals surface area contributed by atoms with Crippen LogP contribution in [0.15, 0.2) is 24.8 Å². The van der Waals surface area contributed by atoms with E-state index in [9.17, 15) is 5.11 Å². The number of phenols is 1. The topological polar surface area (TPSA) is 39.2 Å². The van der Waals surface area contributed by atoms with Crippen molar-refractivity contribution in [2.75, 3.05) is 53.4 Å². The van der Waals surface area contributed by atoms with E-state index in [1.165, 1.54) is 31.5 Å². The zero-order valence-electron chi connectivity index (χ0n) is 17.2. The van der Waals surface area contributed by atoms with E-state index in [-0.39, 0.29) is 5.75 Å². The molecule has 1 spiro atoms. The van der Waals surface area contributed by atoms with Gasteiger partial charge in [-0.3, -0.25) is 9.80 Å². The fourth-order valence-corrected chi connectivity index (χ4v) is 4.51. The Morgan fingerprint density at radius 2 is 1.93 bits per heavy atom. The average Bonchev–Trinajstić information content (AvgIpc) is 2.65. The maximum Gasteiger partial charge on any atom is 0.161 e. The molecule has 0 saturated carbocycles. The number of benzene rings is 1. The number of hydrogen-bond donors (Lipinski definition) is 1. The number of nitrogens with zero attached hydrogens (tertiary/aromatic N) is 3. The second-order valence-corrected chi connectivity index (χ2v) is 8.19. The van der Waals surface area contributed by atoms with Crippen LogP contribution in [0, 0.1) is 0 Å². The van der Waals surface area contributed by atoms with E-state index < -0.39 is 0 Å². The van der Waals surface area contributed by atoms with Crippen molar-refractivity contribution >= 4 is 0 Å². The first-order valence-corrected chi connectivity index (χ1v) is 10.2. The Morgan fingerprint density at radius 1 is 1.19 bits per heavy atom. The standard InChI is InChI=1S/C22H35N3O2/c1-5-7-19-14-18(15-20(21(19)26)27-6-2)16-25-13-12-24(4)22(17-25)8-10-23(3)11-9-22/h5,14-15,26H,1,6-13,16-17H2,2-4H3. The van der Waals surface area contributed by atoms with Gasteiger partial charge in [0.05, 0.1) is 6.61 Å². The number of allylic oxidation sites excluding steroid dienone is 1. The SMILES string of the molecule is C=CCc1cc(CN2CCN(C)C3(CCN(C)CC3)C2)cc(OCC)c1O. The molecular weight excluding hydrogens is 338 g/mol. The van der Waals surface area contributed by atoms with Gasteiger partial charge in [-0.15, -0.1) is 6.58 Å².